The number of furan rings is 1. The number of hydrogen-bond acceptors (Lipinski definition) is 6. The minimum absolute atomic E-state index is 0.840. The standard InChI is InChI=1S/C30H31N5O/c1-2-12-33-13-10-23-25(20-31)27(34-14-16-35(17-15-34)30-9-5-6-11-32-30)19-24(26(23)21-33)29-18-22-7-3-4-8-28(22)36-29/h3-9,11,18-19H,2,10,12-17,21H2,1H3. The van der Waals surface area contributed by atoms with Crippen LogP contribution in [0.15, 0.2) is 65.2 Å². The quantitative estimate of drug-likeness (QED) is 0.380. The van der Waals surface area contributed by atoms with Crippen molar-refractivity contribution in [3.8, 4) is 17.4 Å². The van der Waals surface area contributed by atoms with Crippen LogP contribution < -0.4 is 9.80 Å². The number of hydrogen-bond donors (Lipinski definition) is 0. The first-order valence-electron chi connectivity index (χ1n) is 13.0. The summed E-state index contributed by atoms with van der Waals surface area (Å²) >= 11 is 0. The van der Waals surface area contributed by atoms with E-state index in [4.69, 9.17) is 4.42 Å². The lowest BCUT2D eigenvalue weighted by molar-refractivity contribution is 0.255. The molecule has 0 spiro atoms. The Balaban J connectivity index is 1.41. The van der Waals surface area contributed by atoms with Crippen molar-refractivity contribution in [1.82, 2.24) is 9.88 Å². The largest absolute Gasteiger partial charge is 0.456 e. The fraction of sp³-hybridized carbons (Fsp3) is 0.333. The van der Waals surface area contributed by atoms with Crippen LogP contribution in [0.1, 0.15) is 30.0 Å². The maximum absolute atomic E-state index is 10.3. The second-order valence-corrected chi connectivity index (χ2v) is 9.72. The highest BCUT2D eigenvalue weighted by atomic mass is 16.3. The predicted octanol–water partition coefficient (Wildman–Crippen LogP) is 5.46. The van der Waals surface area contributed by atoms with E-state index in [9.17, 15) is 5.26 Å². The summed E-state index contributed by atoms with van der Waals surface area (Å²) in [4.78, 5) is 11.7. The molecule has 2 aliphatic rings. The SMILES string of the molecule is CCCN1CCc2c(C#N)c(N3CCN(c4ccccn4)CC3)cc(-c3cc4ccccc4o3)c2C1. The van der Waals surface area contributed by atoms with Gasteiger partial charge in [0.25, 0.3) is 0 Å². The maximum atomic E-state index is 10.3. The molecule has 4 heterocycles. The van der Waals surface area contributed by atoms with E-state index in [1.807, 2.05) is 36.5 Å². The van der Waals surface area contributed by atoms with E-state index in [1.54, 1.807) is 0 Å². The normalized spacial score (nSPS) is 16.2. The summed E-state index contributed by atoms with van der Waals surface area (Å²) in [5.41, 5.74) is 6.36. The molecule has 36 heavy (non-hydrogen) atoms. The Labute approximate surface area is 212 Å². The molecule has 4 aromatic rings. The molecular formula is C30H31N5O. The lowest BCUT2D eigenvalue weighted by atomic mass is 9.88. The molecule has 0 unspecified atom stereocenters. The van der Waals surface area contributed by atoms with E-state index >= 15 is 0 Å². The van der Waals surface area contributed by atoms with Crippen molar-refractivity contribution in [3.63, 3.8) is 0 Å². The first-order valence-corrected chi connectivity index (χ1v) is 13.0. The Morgan fingerprint density at radius 2 is 1.75 bits per heavy atom. The van der Waals surface area contributed by atoms with Gasteiger partial charge in [-0.3, -0.25) is 4.90 Å². The Kier molecular flexibility index (Phi) is 6.08. The van der Waals surface area contributed by atoms with E-state index in [0.29, 0.717) is 0 Å². The van der Waals surface area contributed by atoms with Crippen LogP contribution in [0.5, 0.6) is 0 Å². The minimum Gasteiger partial charge on any atom is -0.456 e. The molecule has 1 saturated heterocycles. The topological polar surface area (TPSA) is 59.5 Å². The second-order valence-electron chi connectivity index (χ2n) is 9.72. The van der Waals surface area contributed by atoms with Gasteiger partial charge in [-0.1, -0.05) is 31.2 Å². The third-order valence-corrected chi connectivity index (χ3v) is 7.52. The maximum Gasteiger partial charge on any atom is 0.135 e. The molecule has 0 saturated carbocycles. The van der Waals surface area contributed by atoms with Crippen LogP contribution in [0.2, 0.25) is 0 Å². The second kappa shape index (κ2) is 9.67. The molecule has 0 radical (unpaired) electrons. The number of pyridine rings is 1. The van der Waals surface area contributed by atoms with Gasteiger partial charge >= 0.3 is 0 Å². The Hall–Kier alpha value is -3.82. The van der Waals surface area contributed by atoms with Gasteiger partial charge in [0.1, 0.15) is 23.2 Å². The summed E-state index contributed by atoms with van der Waals surface area (Å²) < 4.78 is 6.37. The zero-order valence-corrected chi connectivity index (χ0v) is 20.8. The molecule has 6 nitrogen and oxygen atoms in total. The molecule has 6 rings (SSSR count). The monoisotopic (exact) mass is 477 g/mol. The van der Waals surface area contributed by atoms with Crippen molar-refractivity contribution in [1.29, 1.82) is 5.26 Å². The van der Waals surface area contributed by atoms with Crippen LogP contribution in [0, 0.1) is 11.3 Å². The summed E-state index contributed by atoms with van der Waals surface area (Å²) in [6.45, 7) is 8.61. The third-order valence-electron chi connectivity index (χ3n) is 7.52. The number of nitriles is 1. The fourth-order valence-electron chi connectivity index (χ4n) is 5.73. The molecule has 0 aliphatic carbocycles. The van der Waals surface area contributed by atoms with Gasteiger partial charge in [0, 0.05) is 56.4 Å². The van der Waals surface area contributed by atoms with Crippen molar-refractivity contribution >= 4 is 22.5 Å². The summed E-state index contributed by atoms with van der Waals surface area (Å²) in [5.74, 6) is 1.91. The van der Waals surface area contributed by atoms with E-state index in [2.05, 4.69) is 56.9 Å². The Morgan fingerprint density at radius 3 is 2.50 bits per heavy atom. The summed E-state index contributed by atoms with van der Waals surface area (Å²) in [7, 11) is 0. The number of aromatic nitrogens is 1. The van der Waals surface area contributed by atoms with Gasteiger partial charge in [0.2, 0.25) is 0 Å². The van der Waals surface area contributed by atoms with Crippen molar-refractivity contribution in [2.24, 2.45) is 0 Å². The smallest absolute Gasteiger partial charge is 0.135 e. The summed E-state index contributed by atoms with van der Waals surface area (Å²) in [6, 6.07) is 21.2. The number of nitrogens with zero attached hydrogens (tertiary/aromatic N) is 5. The molecule has 0 atom stereocenters. The van der Waals surface area contributed by atoms with Crippen LogP contribution in [-0.2, 0) is 13.0 Å². The third kappa shape index (κ3) is 4.10. The highest BCUT2D eigenvalue weighted by Crippen LogP contribution is 2.40. The van der Waals surface area contributed by atoms with Crippen molar-refractivity contribution in [2.45, 2.75) is 26.3 Å². The van der Waals surface area contributed by atoms with Gasteiger partial charge in [-0.15, -0.1) is 0 Å². The first kappa shape index (κ1) is 22.6. The van der Waals surface area contributed by atoms with E-state index < -0.39 is 0 Å². The zero-order chi connectivity index (χ0) is 24.5. The van der Waals surface area contributed by atoms with Gasteiger partial charge in [-0.05, 0) is 60.8 Å². The van der Waals surface area contributed by atoms with Crippen LogP contribution >= 0.6 is 0 Å². The zero-order valence-electron chi connectivity index (χ0n) is 20.8. The molecule has 6 heteroatoms. The number of para-hydroxylation sites is 1. The molecule has 0 amide bonds. The van der Waals surface area contributed by atoms with Gasteiger partial charge in [-0.2, -0.15) is 5.26 Å². The molecule has 182 valence electrons. The molecular weight excluding hydrogens is 446 g/mol. The van der Waals surface area contributed by atoms with Crippen LogP contribution in [-0.4, -0.2) is 49.2 Å². The van der Waals surface area contributed by atoms with Gasteiger partial charge in [-0.25, -0.2) is 4.98 Å². The number of benzene rings is 2. The van der Waals surface area contributed by atoms with Crippen molar-refractivity contribution in [3.05, 3.63) is 77.5 Å². The van der Waals surface area contributed by atoms with Gasteiger partial charge < -0.3 is 14.2 Å². The van der Waals surface area contributed by atoms with E-state index in [0.717, 1.165) is 98.0 Å². The van der Waals surface area contributed by atoms with Crippen LogP contribution in [0.4, 0.5) is 11.5 Å². The number of rotatable bonds is 5. The Morgan fingerprint density at radius 1 is 0.944 bits per heavy atom. The summed E-state index contributed by atoms with van der Waals surface area (Å²) in [6.07, 6.45) is 3.87. The Bertz CT molecular complexity index is 1380. The lowest BCUT2D eigenvalue weighted by Crippen LogP contribution is -2.47. The molecule has 1 fully saturated rings. The first-order chi connectivity index (χ1) is 17.7. The van der Waals surface area contributed by atoms with Crippen LogP contribution in [0.3, 0.4) is 0 Å². The number of anilines is 2. The molecule has 2 aromatic carbocycles. The average Bonchev–Trinajstić information content (AvgIpc) is 3.37. The molecule has 0 bridgehead atoms. The van der Waals surface area contributed by atoms with Crippen molar-refractivity contribution < 1.29 is 4.42 Å². The predicted molar refractivity (Wildman–Crippen MR) is 144 cm³/mol. The lowest BCUT2D eigenvalue weighted by Gasteiger charge is -2.38. The molecule has 2 aromatic heterocycles. The molecule has 2 aliphatic heterocycles. The van der Waals surface area contributed by atoms with Crippen molar-refractivity contribution in [2.75, 3.05) is 49.1 Å². The van der Waals surface area contributed by atoms with E-state index in [-0.39, 0.29) is 0 Å². The average molecular weight is 478 g/mol. The highest BCUT2D eigenvalue weighted by molar-refractivity contribution is 5.85. The fourth-order valence-corrected chi connectivity index (χ4v) is 5.73. The number of piperazine rings is 1. The minimum atomic E-state index is 0.840. The van der Waals surface area contributed by atoms with E-state index in [1.165, 1.54) is 11.1 Å². The van der Waals surface area contributed by atoms with Gasteiger partial charge in [0.05, 0.1) is 11.3 Å². The van der Waals surface area contributed by atoms with Gasteiger partial charge in [0.15, 0.2) is 0 Å². The summed E-state index contributed by atoms with van der Waals surface area (Å²) in [5, 5.41) is 11.5. The van der Waals surface area contributed by atoms with Crippen LogP contribution in [0.25, 0.3) is 22.3 Å². The number of fused-ring (bicyclic) bond motifs is 2. The highest BCUT2D eigenvalue weighted by Gasteiger charge is 2.29. The molecule has 0 N–H and O–H groups in total.